The minimum absolute atomic E-state index is 0.240. The van der Waals surface area contributed by atoms with Crippen LogP contribution in [0.3, 0.4) is 0 Å². The molecule has 1 rings (SSSR count). The molecule has 1 aromatic rings. The minimum Gasteiger partial charge on any atom is -0.459 e. The Morgan fingerprint density at radius 1 is 1.04 bits per heavy atom. The molecule has 0 aliphatic rings. The third-order valence-electron chi connectivity index (χ3n) is 3.76. The summed E-state index contributed by atoms with van der Waals surface area (Å²) >= 11 is 0. The van der Waals surface area contributed by atoms with Gasteiger partial charge in [0, 0.05) is 12.0 Å². The lowest BCUT2D eigenvalue weighted by molar-refractivity contribution is -0.163. The van der Waals surface area contributed by atoms with Crippen molar-refractivity contribution in [1.82, 2.24) is 0 Å². The van der Waals surface area contributed by atoms with Crippen LogP contribution in [-0.2, 0) is 19.1 Å². The number of rotatable bonds is 9. The summed E-state index contributed by atoms with van der Waals surface area (Å²) in [6.07, 6.45) is 4.12. The largest absolute Gasteiger partial charge is 0.459 e. The molecule has 0 heterocycles. The van der Waals surface area contributed by atoms with Crippen LogP contribution in [0.2, 0.25) is 0 Å². The summed E-state index contributed by atoms with van der Waals surface area (Å²) in [5, 5.41) is 0. The normalized spacial score (nSPS) is 13.9. The van der Waals surface area contributed by atoms with Crippen molar-refractivity contribution in [1.29, 1.82) is 0 Å². The zero-order valence-electron chi connectivity index (χ0n) is 15.1. The van der Waals surface area contributed by atoms with Crippen molar-refractivity contribution >= 4 is 18.0 Å². The van der Waals surface area contributed by atoms with Gasteiger partial charge in [-0.25, -0.2) is 4.79 Å². The molecule has 0 fully saturated rings. The van der Waals surface area contributed by atoms with E-state index in [1.54, 1.807) is 26.8 Å². The highest BCUT2D eigenvalue weighted by Gasteiger charge is 2.21. The summed E-state index contributed by atoms with van der Waals surface area (Å²) in [7, 11) is 0. The molecule has 4 nitrogen and oxygen atoms in total. The molecular formula is C20H28O4. The van der Waals surface area contributed by atoms with E-state index < -0.39 is 18.2 Å². The van der Waals surface area contributed by atoms with Crippen LogP contribution in [0.5, 0.6) is 0 Å². The van der Waals surface area contributed by atoms with Crippen LogP contribution in [0, 0.1) is 0 Å². The highest BCUT2D eigenvalue weighted by molar-refractivity contribution is 5.93. The maximum atomic E-state index is 12.1. The molecule has 1 aromatic carbocycles. The molecule has 0 saturated carbocycles. The van der Waals surface area contributed by atoms with E-state index >= 15 is 0 Å². The lowest BCUT2D eigenvalue weighted by Gasteiger charge is -2.21. The Morgan fingerprint density at radius 3 is 2.29 bits per heavy atom. The number of hydrogen-bond acceptors (Lipinski definition) is 4. The van der Waals surface area contributed by atoms with Gasteiger partial charge < -0.3 is 9.47 Å². The zero-order chi connectivity index (χ0) is 17.9. The average molecular weight is 332 g/mol. The summed E-state index contributed by atoms with van der Waals surface area (Å²) in [5.41, 5.74) is 1.45. The fourth-order valence-electron chi connectivity index (χ4n) is 2.10. The zero-order valence-corrected chi connectivity index (χ0v) is 15.1. The smallest absolute Gasteiger partial charge is 0.334 e. The molecule has 0 radical (unpaired) electrons. The second-order valence-electron chi connectivity index (χ2n) is 6.00. The van der Waals surface area contributed by atoms with E-state index in [0.717, 1.165) is 24.8 Å². The Hall–Kier alpha value is -2.10. The van der Waals surface area contributed by atoms with Crippen LogP contribution < -0.4 is 0 Å². The molecule has 0 amide bonds. The van der Waals surface area contributed by atoms with Gasteiger partial charge in [0.2, 0.25) is 0 Å². The minimum atomic E-state index is -0.494. The number of esters is 2. The number of ether oxygens (including phenoxy) is 2. The molecule has 0 spiro atoms. The van der Waals surface area contributed by atoms with Crippen LogP contribution >= 0.6 is 0 Å². The number of benzene rings is 1. The van der Waals surface area contributed by atoms with E-state index in [0.29, 0.717) is 12.0 Å². The molecule has 0 aliphatic heterocycles. The van der Waals surface area contributed by atoms with Gasteiger partial charge in [-0.05, 0) is 38.8 Å². The summed E-state index contributed by atoms with van der Waals surface area (Å²) in [4.78, 5) is 23.8. The van der Waals surface area contributed by atoms with Crippen LogP contribution in [0.1, 0.15) is 58.9 Å². The first kappa shape index (κ1) is 19.9. The predicted octanol–water partition coefficient (Wildman–Crippen LogP) is 4.53. The number of carbonyl (C=O) groups excluding carboxylic acids is 2. The van der Waals surface area contributed by atoms with Crippen molar-refractivity contribution in [3.8, 4) is 0 Å². The van der Waals surface area contributed by atoms with Crippen molar-refractivity contribution in [2.75, 3.05) is 0 Å². The molecular weight excluding hydrogens is 304 g/mol. The third kappa shape index (κ3) is 7.44. The Balaban J connectivity index is 2.47. The quantitative estimate of drug-likeness (QED) is 0.379. The first-order valence-corrected chi connectivity index (χ1v) is 8.57. The predicted molar refractivity (Wildman–Crippen MR) is 95.3 cm³/mol. The summed E-state index contributed by atoms with van der Waals surface area (Å²) < 4.78 is 10.7. The second kappa shape index (κ2) is 10.6. The molecule has 24 heavy (non-hydrogen) atoms. The maximum absolute atomic E-state index is 12.1. The monoisotopic (exact) mass is 332 g/mol. The van der Waals surface area contributed by atoms with Gasteiger partial charge in [0.25, 0.3) is 0 Å². The standard InChI is InChI=1S/C20H28O4/c1-5-6-8-13-19(21)23-16(3)17(4)24-20(22)15(2)14-18-11-9-7-10-12-18/h7,9-12,14,16-17H,5-6,8,13H2,1-4H3. The Labute approximate surface area is 144 Å². The van der Waals surface area contributed by atoms with Crippen LogP contribution in [0.15, 0.2) is 35.9 Å². The molecule has 2 atom stereocenters. The average Bonchev–Trinajstić information content (AvgIpc) is 2.55. The first-order valence-electron chi connectivity index (χ1n) is 8.57. The van der Waals surface area contributed by atoms with E-state index in [2.05, 4.69) is 6.92 Å². The molecule has 0 aromatic heterocycles. The first-order chi connectivity index (χ1) is 11.4. The second-order valence-corrected chi connectivity index (χ2v) is 6.00. The maximum Gasteiger partial charge on any atom is 0.334 e. The Bertz CT molecular complexity index is 548. The molecule has 0 saturated heterocycles. The van der Waals surface area contributed by atoms with E-state index in [4.69, 9.17) is 9.47 Å². The van der Waals surface area contributed by atoms with Crippen molar-refractivity contribution in [3.05, 3.63) is 41.5 Å². The molecule has 0 bridgehead atoms. The lowest BCUT2D eigenvalue weighted by atomic mass is 10.1. The molecule has 4 heteroatoms. The van der Waals surface area contributed by atoms with Crippen molar-refractivity contribution in [3.63, 3.8) is 0 Å². The summed E-state index contributed by atoms with van der Waals surface area (Å²) in [5.74, 6) is -0.643. The molecule has 0 aliphatic carbocycles. The lowest BCUT2D eigenvalue weighted by Crippen LogP contribution is -2.30. The van der Waals surface area contributed by atoms with Gasteiger partial charge in [0.1, 0.15) is 12.2 Å². The molecule has 132 valence electrons. The SMILES string of the molecule is CCCCCC(=O)OC(C)C(C)OC(=O)C(C)=Cc1ccccc1. The number of unbranched alkanes of at least 4 members (excludes halogenated alkanes) is 2. The van der Waals surface area contributed by atoms with Gasteiger partial charge in [-0.2, -0.15) is 0 Å². The highest BCUT2D eigenvalue weighted by Crippen LogP contribution is 2.12. The van der Waals surface area contributed by atoms with Crippen LogP contribution in [-0.4, -0.2) is 24.1 Å². The summed E-state index contributed by atoms with van der Waals surface area (Å²) in [6, 6.07) is 9.58. The van der Waals surface area contributed by atoms with Gasteiger partial charge >= 0.3 is 11.9 Å². The number of carbonyl (C=O) groups is 2. The Kier molecular flexibility index (Phi) is 8.84. The van der Waals surface area contributed by atoms with Crippen LogP contribution in [0.25, 0.3) is 6.08 Å². The van der Waals surface area contributed by atoms with Crippen molar-refractivity contribution in [2.45, 2.75) is 65.6 Å². The fourth-order valence-corrected chi connectivity index (χ4v) is 2.10. The van der Waals surface area contributed by atoms with E-state index in [-0.39, 0.29) is 5.97 Å². The van der Waals surface area contributed by atoms with Gasteiger partial charge in [-0.1, -0.05) is 50.1 Å². The highest BCUT2D eigenvalue weighted by atomic mass is 16.6. The van der Waals surface area contributed by atoms with Gasteiger partial charge in [0.15, 0.2) is 0 Å². The van der Waals surface area contributed by atoms with Gasteiger partial charge in [-0.3, -0.25) is 4.79 Å². The summed E-state index contributed by atoms with van der Waals surface area (Å²) in [6.45, 7) is 7.27. The third-order valence-corrected chi connectivity index (χ3v) is 3.76. The fraction of sp³-hybridized carbons (Fsp3) is 0.500. The number of hydrogen-bond donors (Lipinski definition) is 0. The van der Waals surface area contributed by atoms with E-state index in [1.165, 1.54) is 0 Å². The Morgan fingerprint density at radius 2 is 1.67 bits per heavy atom. The van der Waals surface area contributed by atoms with E-state index in [9.17, 15) is 9.59 Å². The molecule has 2 unspecified atom stereocenters. The van der Waals surface area contributed by atoms with E-state index in [1.807, 2.05) is 30.3 Å². The van der Waals surface area contributed by atoms with Gasteiger partial charge in [-0.15, -0.1) is 0 Å². The topological polar surface area (TPSA) is 52.6 Å². The van der Waals surface area contributed by atoms with Gasteiger partial charge in [0.05, 0.1) is 0 Å². The van der Waals surface area contributed by atoms with Crippen molar-refractivity contribution < 1.29 is 19.1 Å². The van der Waals surface area contributed by atoms with Crippen molar-refractivity contribution in [2.24, 2.45) is 0 Å². The van der Waals surface area contributed by atoms with Crippen LogP contribution in [0.4, 0.5) is 0 Å². The molecule has 0 N–H and O–H groups in total.